The lowest BCUT2D eigenvalue weighted by atomic mass is 10.0. The van der Waals surface area contributed by atoms with Crippen molar-refractivity contribution in [1.82, 2.24) is 4.90 Å². The molecular formula is C18H27NO3. The maximum Gasteiger partial charge on any atom is 0.159 e. The van der Waals surface area contributed by atoms with E-state index < -0.39 is 0 Å². The Kier molecular flexibility index (Phi) is 6.87. The molecule has 1 aliphatic rings. The van der Waals surface area contributed by atoms with Gasteiger partial charge in [0, 0.05) is 18.7 Å². The second-order valence-electron chi connectivity index (χ2n) is 6.09. The van der Waals surface area contributed by atoms with E-state index in [4.69, 9.17) is 9.47 Å². The maximum absolute atomic E-state index is 11.2. The zero-order valence-electron chi connectivity index (χ0n) is 13.7. The highest BCUT2D eigenvalue weighted by Crippen LogP contribution is 2.15. The van der Waals surface area contributed by atoms with Crippen molar-refractivity contribution in [3.8, 4) is 5.75 Å². The molecule has 22 heavy (non-hydrogen) atoms. The van der Waals surface area contributed by atoms with Gasteiger partial charge in [-0.05, 0) is 56.5 Å². The lowest BCUT2D eigenvalue weighted by Crippen LogP contribution is -2.36. The average molecular weight is 305 g/mol. The largest absolute Gasteiger partial charge is 0.491 e. The fraction of sp³-hybridized carbons (Fsp3) is 0.611. The van der Waals surface area contributed by atoms with Crippen molar-refractivity contribution in [3.63, 3.8) is 0 Å². The van der Waals surface area contributed by atoms with Gasteiger partial charge in [0.25, 0.3) is 0 Å². The number of ether oxygens (including phenoxy) is 2. The van der Waals surface area contributed by atoms with Gasteiger partial charge in [-0.15, -0.1) is 0 Å². The Morgan fingerprint density at radius 2 is 2.00 bits per heavy atom. The van der Waals surface area contributed by atoms with Crippen LogP contribution in [0, 0.1) is 5.92 Å². The van der Waals surface area contributed by atoms with Crippen LogP contribution in [0.1, 0.15) is 37.0 Å². The van der Waals surface area contributed by atoms with Crippen LogP contribution in [-0.2, 0) is 4.74 Å². The molecule has 1 aromatic carbocycles. The molecule has 122 valence electrons. The summed E-state index contributed by atoms with van der Waals surface area (Å²) in [7, 11) is 0. The number of carbonyl (C=O) groups is 1. The minimum atomic E-state index is 0.0712. The molecule has 4 nitrogen and oxygen atoms in total. The van der Waals surface area contributed by atoms with E-state index in [0.717, 1.165) is 24.8 Å². The predicted molar refractivity (Wildman–Crippen MR) is 87.6 cm³/mol. The third-order valence-electron chi connectivity index (χ3n) is 4.05. The first-order chi connectivity index (χ1) is 10.6. The monoisotopic (exact) mass is 305 g/mol. The van der Waals surface area contributed by atoms with Crippen LogP contribution in [-0.4, -0.2) is 50.1 Å². The smallest absolute Gasteiger partial charge is 0.159 e. The highest BCUT2D eigenvalue weighted by Gasteiger charge is 2.15. The van der Waals surface area contributed by atoms with Crippen molar-refractivity contribution in [2.75, 3.05) is 39.5 Å². The molecule has 1 aliphatic heterocycles. The van der Waals surface area contributed by atoms with Crippen LogP contribution in [0.25, 0.3) is 0 Å². The van der Waals surface area contributed by atoms with Crippen LogP contribution in [0.15, 0.2) is 24.3 Å². The highest BCUT2D eigenvalue weighted by molar-refractivity contribution is 5.94. The Morgan fingerprint density at radius 3 is 2.68 bits per heavy atom. The van der Waals surface area contributed by atoms with Gasteiger partial charge in [-0.2, -0.15) is 0 Å². The van der Waals surface area contributed by atoms with E-state index in [1.54, 1.807) is 19.1 Å². The first-order valence-electron chi connectivity index (χ1n) is 8.19. The third-order valence-corrected chi connectivity index (χ3v) is 4.05. The summed E-state index contributed by atoms with van der Waals surface area (Å²) in [5, 5.41) is 0. The van der Waals surface area contributed by atoms with Gasteiger partial charge in [0.15, 0.2) is 5.78 Å². The Bertz CT molecular complexity index is 458. The van der Waals surface area contributed by atoms with E-state index in [1.807, 2.05) is 12.1 Å². The van der Waals surface area contributed by atoms with Crippen LogP contribution >= 0.6 is 0 Å². The number of hydrogen-bond acceptors (Lipinski definition) is 4. The molecule has 1 heterocycles. The number of rotatable bonds is 8. The lowest BCUT2D eigenvalue weighted by molar-refractivity contribution is 0.0688. The first kappa shape index (κ1) is 17.0. The fourth-order valence-corrected chi connectivity index (χ4v) is 2.79. The van der Waals surface area contributed by atoms with E-state index in [2.05, 4.69) is 11.8 Å². The van der Waals surface area contributed by atoms with Crippen molar-refractivity contribution >= 4 is 5.78 Å². The predicted octanol–water partition coefficient (Wildman–Crippen LogP) is 3.02. The number of piperidine rings is 1. The zero-order valence-corrected chi connectivity index (χ0v) is 13.7. The molecule has 0 unspecified atom stereocenters. The molecular weight excluding hydrogens is 278 g/mol. The summed E-state index contributed by atoms with van der Waals surface area (Å²) in [5.74, 6) is 1.66. The molecule has 1 aromatic rings. The minimum Gasteiger partial charge on any atom is -0.491 e. The van der Waals surface area contributed by atoms with Crippen LogP contribution in [0.4, 0.5) is 0 Å². The Balaban J connectivity index is 1.54. The van der Waals surface area contributed by atoms with E-state index in [0.29, 0.717) is 18.8 Å². The number of ketones is 1. The van der Waals surface area contributed by atoms with Crippen molar-refractivity contribution in [1.29, 1.82) is 0 Å². The number of hydrogen-bond donors (Lipinski definition) is 0. The number of nitrogens with zero attached hydrogens (tertiary/aromatic N) is 1. The highest BCUT2D eigenvalue weighted by atomic mass is 16.5. The van der Waals surface area contributed by atoms with E-state index in [1.165, 1.54) is 25.9 Å². The summed E-state index contributed by atoms with van der Waals surface area (Å²) in [4.78, 5) is 13.7. The van der Waals surface area contributed by atoms with Gasteiger partial charge in [-0.25, -0.2) is 0 Å². The van der Waals surface area contributed by atoms with Gasteiger partial charge in [-0.1, -0.05) is 6.92 Å². The average Bonchev–Trinajstić information content (AvgIpc) is 2.51. The number of benzene rings is 1. The molecule has 0 aliphatic carbocycles. The van der Waals surface area contributed by atoms with Crippen molar-refractivity contribution < 1.29 is 14.3 Å². The van der Waals surface area contributed by atoms with Crippen LogP contribution in [0.3, 0.4) is 0 Å². The first-order valence-corrected chi connectivity index (χ1v) is 8.19. The molecule has 0 N–H and O–H groups in total. The molecule has 0 spiro atoms. The van der Waals surface area contributed by atoms with Gasteiger partial charge in [0.05, 0.1) is 13.2 Å². The molecule has 0 saturated carbocycles. The third kappa shape index (κ3) is 5.78. The Hall–Kier alpha value is -1.39. The summed E-state index contributed by atoms with van der Waals surface area (Å²) in [6.45, 7) is 9.19. The number of Topliss-reactive ketones (excluding diaryl/α,β-unsaturated/α-hetero) is 1. The van der Waals surface area contributed by atoms with Crippen molar-refractivity contribution in [2.24, 2.45) is 5.92 Å². The van der Waals surface area contributed by atoms with E-state index in [9.17, 15) is 4.79 Å². The summed E-state index contributed by atoms with van der Waals surface area (Å²) in [5.41, 5.74) is 0.708. The SMILES string of the molecule is CC(=O)c1ccc(OCCOCCN2CCC[C@@H](C)C2)cc1. The normalized spacial score (nSPS) is 19.1. The number of likely N-dealkylation sites (tertiary alicyclic amines) is 1. The van der Waals surface area contributed by atoms with Crippen molar-refractivity contribution in [3.05, 3.63) is 29.8 Å². The summed E-state index contributed by atoms with van der Waals surface area (Å²) < 4.78 is 11.2. The molecule has 2 rings (SSSR count). The summed E-state index contributed by atoms with van der Waals surface area (Å²) >= 11 is 0. The van der Waals surface area contributed by atoms with Crippen LogP contribution < -0.4 is 4.74 Å². The molecule has 0 amide bonds. The molecule has 0 radical (unpaired) electrons. The summed E-state index contributed by atoms with van der Waals surface area (Å²) in [6, 6.07) is 7.23. The maximum atomic E-state index is 11.2. The zero-order chi connectivity index (χ0) is 15.8. The molecule has 1 atom stereocenters. The van der Waals surface area contributed by atoms with E-state index >= 15 is 0 Å². The van der Waals surface area contributed by atoms with Crippen LogP contribution in [0.2, 0.25) is 0 Å². The molecule has 1 fully saturated rings. The van der Waals surface area contributed by atoms with Crippen molar-refractivity contribution in [2.45, 2.75) is 26.7 Å². The summed E-state index contributed by atoms with van der Waals surface area (Å²) in [6.07, 6.45) is 2.66. The van der Waals surface area contributed by atoms with Gasteiger partial charge in [0.2, 0.25) is 0 Å². The Labute approximate surface area is 133 Å². The minimum absolute atomic E-state index is 0.0712. The second kappa shape index (κ2) is 8.91. The topological polar surface area (TPSA) is 38.8 Å². The van der Waals surface area contributed by atoms with Gasteiger partial charge >= 0.3 is 0 Å². The lowest BCUT2D eigenvalue weighted by Gasteiger charge is -2.30. The van der Waals surface area contributed by atoms with Gasteiger partial charge in [0.1, 0.15) is 12.4 Å². The quantitative estimate of drug-likeness (QED) is 0.547. The van der Waals surface area contributed by atoms with Crippen LogP contribution in [0.5, 0.6) is 5.75 Å². The standard InChI is InChI=1S/C18H27NO3/c1-15-4-3-9-19(14-15)10-11-21-12-13-22-18-7-5-17(6-8-18)16(2)20/h5-8,15H,3-4,9-14H2,1-2H3/t15-/m1/s1. The molecule has 4 heteroatoms. The second-order valence-corrected chi connectivity index (χ2v) is 6.09. The molecule has 1 saturated heterocycles. The van der Waals surface area contributed by atoms with E-state index in [-0.39, 0.29) is 5.78 Å². The fourth-order valence-electron chi connectivity index (χ4n) is 2.79. The number of carbonyl (C=O) groups excluding carboxylic acids is 1. The molecule has 0 aromatic heterocycles. The molecule has 0 bridgehead atoms. The van der Waals surface area contributed by atoms with Gasteiger partial charge < -0.3 is 14.4 Å². The Morgan fingerprint density at radius 1 is 1.23 bits per heavy atom. The van der Waals surface area contributed by atoms with Gasteiger partial charge in [-0.3, -0.25) is 4.79 Å².